The van der Waals surface area contributed by atoms with E-state index in [1.165, 1.54) is 13.2 Å². The quantitative estimate of drug-likeness (QED) is 0.488. The first-order valence-electron chi connectivity index (χ1n) is 9.70. The summed E-state index contributed by atoms with van der Waals surface area (Å²) in [6.07, 6.45) is 0. The molecule has 0 fully saturated rings. The molecule has 2 N–H and O–H groups in total. The second-order valence-corrected chi connectivity index (χ2v) is 6.37. The molecule has 0 saturated carbocycles. The summed E-state index contributed by atoms with van der Waals surface area (Å²) >= 11 is 0. The summed E-state index contributed by atoms with van der Waals surface area (Å²) in [6.45, 7) is 7.61. The van der Waals surface area contributed by atoms with Crippen molar-refractivity contribution in [2.75, 3.05) is 27.4 Å². The van der Waals surface area contributed by atoms with E-state index in [9.17, 15) is 4.39 Å². The fourth-order valence-corrected chi connectivity index (χ4v) is 2.82. The molecule has 6 nitrogen and oxygen atoms in total. The van der Waals surface area contributed by atoms with Crippen LogP contribution >= 0.6 is 0 Å². The number of nitrogens with zero attached hydrogens (tertiary/aromatic N) is 1. The lowest BCUT2D eigenvalue weighted by Gasteiger charge is -2.19. The summed E-state index contributed by atoms with van der Waals surface area (Å²) in [5.41, 5.74) is 1.80. The number of benzene rings is 2. The van der Waals surface area contributed by atoms with E-state index in [1.54, 1.807) is 13.2 Å². The smallest absolute Gasteiger partial charge is 0.192 e. The number of hydrogen-bond acceptors (Lipinski definition) is 4. The molecule has 0 aliphatic carbocycles. The van der Waals surface area contributed by atoms with E-state index < -0.39 is 0 Å². The Hall–Kier alpha value is -2.96. The molecule has 0 heterocycles. The summed E-state index contributed by atoms with van der Waals surface area (Å²) < 4.78 is 29.9. The highest BCUT2D eigenvalue weighted by molar-refractivity contribution is 5.80. The Morgan fingerprint density at radius 1 is 1.03 bits per heavy atom. The fourth-order valence-electron chi connectivity index (χ4n) is 2.82. The van der Waals surface area contributed by atoms with Crippen molar-refractivity contribution in [3.63, 3.8) is 0 Å². The van der Waals surface area contributed by atoms with E-state index in [1.807, 2.05) is 45.0 Å². The third-order valence-corrected chi connectivity index (χ3v) is 4.32. The molecule has 0 aliphatic heterocycles. The Kier molecular flexibility index (Phi) is 8.58. The Labute approximate surface area is 172 Å². The summed E-state index contributed by atoms with van der Waals surface area (Å²) in [6, 6.07) is 10.6. The number of rotatable bonds is 9. The lowest BCUT2D eigenvalue weighted by molar-refractivity contribution is 0.310. The number of methoxy groups -OCH3 is 2. The largest absolute Gasteiger partial charge is 0.494 e. The first kappa shape index (κ1) is 22.3. The molecule has 158 valence electrons. The summed E-state index contributed by atoms with van der Waals surface area (Å²) in [4.78, 5) is 4.64. The van der Waals surface area contributed by atoms with Crippen LogP contribution in [-0.2, 0) is 6.54 Å². The second-order valence-electron chi connectivity index (χ2n) is 6.37. The van der Waals surface area contributed by atoms with Crippen LogP contribution in [0.2, 0.25) is 0 Å². The van der Waals surface area contributed by atoms with Crippen molar-refractivity contribution in [1.29, 1.82) is 0 Å². The molecule has 2 rings (SSSR count). The SMILES string of the molecule is CCNC(=NCc1ccc(OC)c(OCC)c1)NC(C)c1ccc(OC)c(F)c1. The van der Waals surface area contributed by atoms with Crippen molar-refractivity contribution in [1.82, 2.24) is 10.6 Å². The van der Waals surface area contributed by atoms with Gasteiger partial charge in [-0.3, -0.25) is 0 Å². The summed E-state index contributed by atoms with van der Waals surface area (Å²) in [5, 5.41) is 6.52. The van der Waals surface area contributed by atoms with Gasteiger partial charge in [-0.2, -0.15) is 0 Å². The Bertz CT molecular complexity index is 827. The van der Waals surface area contributed by atoms with Crippen molar-refractivity contribution in [2.24, 2.45) is 4.99 Å². The molecular formula is C22H30FN3O3. The van der Waals surface area contributed by atoms with Crippen LogP contribution in [0.4, 0.5) is 4.39 Å². The second kappa shape index (κ2) is 11.1. The van der Waals surface area contributed by atoms with Gasteiger partial charge in [-0.15, -0.1) is 0 Å². The third kappa shape index (κ3) is 6.27. The molecular weight excluding hydrogens is 373 g/mol. The average Bonchev–Trinajstić information content (AvgIpc) is 2.72. The maximum Gasteiger partial charge on any atom is 0.192 e. The van der Waals surface area contributed by atoms with Gasteiger partial charge < -0.3 is 24.8 Å². The predicted molar refractivity (Wildman–Crippen MR) is 113 cm³/mol. The molecule has 2 aromatic rings. The maximum absolute atomic E-state index is 14.0. The highest BCUT2D eigenvalue weighted by Crippen LogP contribution is 2.28. The molecule has 0 spiro atoms. The molecule has 0 aromatic heterocycles. The highest BCUT2D eigenvalue weighted by atomic mass is 19.1. The molecule has 0 saturated heterocycles. The molecule has 29 heavy (non-hydrogen) atoms. The predicted octanol–water partition coefficient (Wildman–Crippen LogP) is 4.06. The van der Waals surface area contributed by atoms with Crippen LogP contribution in [0.25, 0.3) is 0 Å². The molecule has 1 atom stereocenters. The maximum atomic E-state index is 14.0. The fraction of sp³-hybridized carbons (Fsp3) is 0.409. The van der Waals surface area contributed by atoms with Crippen molar-refractivity contribution in [2.45, 2.75) is 33.4 Å². The van der Waals surface area contributed by atoms with Gasteiger partial charge in [-0.1, -0.05) is 12.1 Å². The Morgan fingerprint density at radius 3 is 2.38 bits per heavy atom. The zero-order chi connectivity index (χ0) is 21.2. The van der Waals surface area contributed by atoms with Crippen molar-refractivity contribution in [3.05, 3.63) is 53.3 Å². The molecule has 7 heteroatoms. The van der Waals surface area contributed by atoms with Crippen molar-refractivity contribution < 1.29 is 18.6 Å². The Morgan fingerprint density at radius 2 is 1.76 bits per heavy atom. The minimum Gasteiger partial charge on any atom is -0.494 e. The van der Waals surface area contributed by atoms with E-state index in [-0.39, 0.29) is 17.6 Å². The van der Waals surface area contributed by atoms with E-state index in [0.717, 1.165) is 11.1 Å². The van der Waals surface area contributed by atoms with E-state index >= 15 is 0 Å². The van der Waals surface area contributed by atoms with Gasteiger partial charge in [0.05, 0.1) is 33.4 Å². The van der Waals surface area contributed by atoms with Gasteiger partial charge in [0.1, 0.15) is 0 Å². The Balaban J connectivity index is 2.13. The molecule has 2 aromatic carbocycles. The van der Waals surface area contributed by atoms with Gasteiger partial charge in [0.2, 0.25) is 0 Å². The lowest BCUT2D eigenvalue weighted by Crippen LogP contribution is -2.38. The number of aliphatic imine (C=N–C) groups is 1. The zero-order valence-corrected chi connectivity index (χ0v) is 17.7. The van der Waals surface area contributed by atoms with Crippen molar-refractivity contribution >= 4 is 5.96 Å². The number of guanidine groups is 1. The first-order chi connectivity index (χ1) is 14.0. The molecule has 0 amide bonds. The summed E-state index contributed by atoms with van der Waals surface area (Å²) in [5.74, 6) is 1.88. The third-order valence-electron chi connectivity index (χ3n) is 4.32. The monoisotopic (exact) mass is 403 g/mol. The molecule has 0 radical (unpaired) electrons. The van der Waals surface area contributed by atoms with Gasteiger partial charge in [-0.05, 0) is 56.2 Å². The van der Waals surface area contributed by atoms with Gasteiger partial charge in [-0.25, -0.2) is 9.38 Å². The molecule has 0 bridgehead atoms. The van der Waals surface area contributed by atoms with Crippen molar-refractivity contribution in [3.8, 4) is 17.2 Å². The minimum atomic E-state index is -0.387. The van der Waals surface area contributed by atoms with Crippen LogP contribution in [0.15, 0.2) is 41.4 Å². The van der Waals surface area contributed by atoms with Gasteiger partial charge in [0.15, 0.2) is 29.0 Å². The zero-order valence-electron chi connectivity index (χ0n) is 17.7. The number of nitrogens with one attached hydrogen (secondary N) is 2. The molecule has 0 aliphatic rings. The van der Waals surface area contributed by atoms with E-state index in [4.69, 9.17) is 14.2 Å². The minimum absolute atomic E-state index is 0.136. The van der Waals surface area contributed by atoms with E-state index in [0.29, 0.717) is 37.2 Å². The number of halogens is 1. The van der Waals surface area contributed by atoms with Crippen LogP contribution in [0.3, 0.4) is 0 Å². The average molecular weight is 403 g/mol. The van der Waals surface area contributed by atoms with E-state index in [2.05, 4.69) is 15.6 Å². The van der Waals surface area contributed by atoms with Gasteiger partial charge >= 0.3 is 0 Å². The van der Waals surface area contributed by atoms with Crippen LogP contribution < -0.4 is 24.8 Å². The summed E-state index contributed by atoms with van der Waals surface area (Å²) in [7, 11) is 3.07. The standard InChI is InChI=1S/C22H30FN3O3/c1-6-24-22(26-15(3)17-9-11-19(27-4)18(23)13-17)25-14-16-8-10-20(28-5)21(12-16)29-7-2/h8-13,15H,6-7,14H2,1-5H3,(H2,24,25,26). The van der Waals surface area contributed by atoms with Crippen LogP contribution in [0, 0.1) is 5.82 Å². The number of ether oxygens (including phenoxy) is 3. The topological polar surface area (TPSA) is 64.1 Å². The highest BCUT2D eigenvalue weighted by Gasteiger charge is 2.12. The first-order valence-corrected chi connectivity index (χ1v) is 9.70. The molecule has 1 unspecified atom stereocenters. The van der Waals surface area contributed by atoms with Gasteiger partial charge in [0, 0.05) is 6.54 Å². The normalized spacial score (nSPS) is 12.3. The van der Waals surface area contributed by atoms with Crippen LogP contribution in [0.1, 0.15) is 37.9 Å². The van der Waals surface area contributed by atoms with Crippen LogP contribution in [0.5, 0.6) is 17.2 Å². The van der Waals surface area contributed by atoms with Gasteiger partial charge in [0.25, 0.3) is 0 Å². The number of hydrogen-bond donors (Lipinski definition) is 2. The van der Waals surface area contributed by atoms with Crippen LogP contribution in [-0.4, -0.2) is 33.3 Å². The lowest BCUT2D eigenvalue weighted by atomic mass is 10.1.